The summed E-state index contributed by atoms with van der Waals surface area (Å²) in [6, 6.07) is 4.77. The molecule has 1 amide bonds. The number of amides is 1. The van der Waals surface area contributed by atoms with Gasteiger partial charge in [-0.05, 0) is 18.2 Å². The molecule has 3 nitrogen and oxygen atoms in total. The molecule has 8 heteroatoms. The Morgan fingerprint density at radius 1 is 1.27 bits per heavy atom. The van der Waals surface area contributed by atoms with E-state index in [9.17, 15) is 22.4 Å². The summed E-state index contributed by atoms with van der Waals surface area (Å²) in [5, 5.41) is 2.42. The predicted molar refractivity (Wildman–Crippen MR) is 71.8 cm³/mol. The van der Waals surface area contributed by atoms with Crippen molar-refractivity contribution >= 4 is 17.5 Å². The summed E-state index contributed by atoms with van der Waals surface area (Å²) < 4.78 is 51.9. The Labute approximate surface area is 127 Å². The number of aromatic nitrogens is 1. The zero-order valence-corrected chi connectivity index (χ0v) is 11.7. The van der Waals surface area contributed by atoms with Crippen LogP contribution in [0.15, 0.2) is 36.7 Å². The Morgan fingerprint density at radius 3 is 2.64 bits per heavy atom. The molecule has 0 bridgehead atoms. The largest absolute Gasteiger partial charge is 0.418 e. The average Bonchev–Trinajstić information content (AvgIpc) is 2.45. The lowest BCUT2D eigenvalue weighted by Gasteiger charge is -2.12. The highest BCUT2D eigenvalue weighted by molar-refractivity contribution is 6.30. The van der Waals surface area contributed by atoms with Gasteiger partial charge in [0.1, 0.15) is 5.82 Å². The summed E-state index contributed by atoms with van der Waals surface area (Å²) in [7, 11) is 0. The Morgan fingerprint density at radius 2 is 2.00 bits per heavy atom. The fourth-order valence-electron chi connectivity index (χ4n) is 1.75. The Bertz CT molecular complexity index is 703. The standard InChI is InChI=1S/C14H9ClF4N2O/c15-9-2-1-8(12(16)5-9)6-21-13(22)10-3-4-20-7-11(10)14(17,18)19/h1-5,7H,6H2,(H,21,22). The molecule has 2 rings (SSSR count). The van der Waals surface area contributed by atoms with E-state index in [0.717, 1.165) is 18.3 Å². The number of carbonyl (C=O) groups excluding carboxylic acids is 1. The van der Waals surface area contributed by atoms with Crippen molar-refractivity contribution in [3.05, 3.63) is 64.2 Å². The summed E-state index contributed by atoms with van der Waals surface area (Å²) >= 11 is 5.59. The fourth-order valence-corrected chi connectivity index (χ4v) is 1.91. The van der Waals surface area contributed by atoms with Crippen LogP contribution >= 0.6 is 11.6 Å². The molecule has 0 unspecified atom stereocenters. The van der Waals surface area contributed by atoms with E-state index in [1.165, 1.54) is 12.1 Å². The zero-order valence-electron chi connectivity index (χ0n) is 10.9. The van der Waals surface area contributed by atoms with Gasteiger partial charge in [-0.1, -0.05) is 17.7 Å². The fraction of sp³-hybridized carbons (Fsp3) is 0.143. The molecule has 0 fully saturated rings. The monoisotopic (exact) mass is 332 g/mol. The second-order valence-electron chi connectivity index (χ2n) is 4.34. The molecule has 0 saturated carbocycles. The minimum Gasteiger partial charge on any atom is -0.348 e. The molecule has 1 N–H and O–H groups in total. The van der Waals surface area contributed by atoms with Gasteiger partial charge in [0.05, 0.1) is 11.1 Å². The maximum absolute atomic E-state index is 13.5. The van der Waals surface area contributed by atoms with Crippen LogP contribution in [0.4, 0.5) is 17.6 Å². The minimum atomic E-state index is -4.70. The molecule has 0 aliphatic carbocycles. The van der Waals surface area contributed by atoms with Crippen LogP contribution in [0, 0.1) is 5.82 Å². The molecule has 22 heavy (non-hydrogen) atoms. The summed E-state index contributed by atoms with van der Waals surface area (Å²) in [5.41, 5.74) is -1.61. The number of nitrogens with zero attached hydrogens (tertiary/aromatic N) is 1. The van der Waals surface area contributed by atoms with Gasteiger partial charge in [-0.25, -0.2) is 4.39 Å². The van der Waals surface area contributed by atoms with E-state index in [4.69, 9.17) is 11.6 Å². The van der Waals surface area contributed by atoms with Crippen molar-refractivity contribution in [3.63, 3.8) is 0 Å². The van der Waals surface area contributed by atoms with Crippen LogP contribution in [0.2, 0.25) is 5.02 Å². The summed E-state index contributed by atoms with van der Waals surface area (Å²) in [4.78, 5) is 15.2. The van der Waals surface area contributed by atoms with Gasteiger partial charge in [0.2, 0.25) is 0 Å². The predicted octanol–water partition coefficient (Wildman–Crippen LogP) is 3.82. The molecule has 0 radical (unpaired) electrons. The molecule has 1 heterocycles. The molecular formula is C14H9ClF4N2O. The lowest BCUT2D eigenvalue weighted by molar-refractivity contribution is -0.138. The Kier molecular flexibility index (Phi) is 4.65. The Balaban J connectivity index is 2.17. The van der Waals surface area contributed by atoms with E-state index in [0.29, 0.717) is 6.20 Å². The molecule has 0 spiro atoms. The Hall–Kier alpha value is -2.15. The highest BCUT2D eigenvalue weighted by atomic mass is 35.5. The van der Waals surface area contributed by atoms with Gasteiger partial charge in [-0.15, -0.1) is 0 Å². The zero-order chi connectivity index (χ0) is 16.3. The van der Waals surface area contributed by atoms with Crippen LogP contribution in [0.25, 0.3) is 0 Å². The first-order chi connectivity index (χ1) is 10.3. The van der Waals surface area contributed by atoms with Crippen molar-refractivity contribution in [2.45, 2.75) is 12.7 Å². The average molecular weight is 333 g/mol. The molecule has 0 atom stereocenters. The topological polar surface area (TPSA) is 42.0 Å². The molecule has 0 aliphatic rings. The van der Waals surface area contributed by atoms with Gasteiger partial charge in [0.15, 0.2) is 0 Å². The molecule has 1 aromatic carbocycles. The van der Waals surface area contributed by atoms with Gasteiger partial charge >= 0.3 is 6.18 Å². The van der Waals surface area contributed by atoms with Gasteiger partial charge in [-0.3, -0.25) is 9.78 Å². The van der Waals surface area contributed by atoms with E-state index in [1.54, 1.807) is 0 Å². The van der Waals surface area contributed by atoms with E-state index < -0.39 is 29.0 Å². The quantitative estimate of drug-likeness (QED) is 0.868. The number of alkyl halides is 3. The first-order valence-electron chi connectivity index (χ1n) is 6.02. The number of hydrogen-bond acceptors (Lipinski definition) is 2. The number of halogens is 5. The van der Waals surface area contributed by atoms with Crippen molar-refractivity contribution in [2.75, 3.05) is 0 Å². The molecule has 116 valence electrons. The van der Waals surface area contributed by atoms with Gasteiger partial charge in [0, 0.05) is 29.5 Å². The third kappa shape index (κ3) is 3.73. The normalized spacial score (nSPS) is 11.3. The number of carbonyl (C=O) groups is 1. The third-order valence-electron chi connectivity index (χ3n) is 2.83. The third-order valence-corrected chi connectivity index (χ3v) is 3.06. The van der Waals surface area contributed by atoms with Crippen LogP contribution in [-0.2, 0) is 12.7 Å². The SMILES string of the molecule is O=C(NCc1ccc(Cl)cc1F)c1ccncc1C(F)(F)F. The van der Waals surface area contributed by atoms with E-state index in [-0.39, 0.29) is 17.1 Å². The second-order valence-corrected chi connectivity index (χ2v) is 4.77. The maximum atomic E-state index is 13.5. The lowest BCUT2D eigenvalue weighted by atomic mass is 10.1. The number of pyridine rings is 1. The number of hydrogen-bond donors (Lipinski definition) is 1. The van der Waals surface area contributed by atoms with E-state index >= 15 is 0 Å². The van der Waals surface area contributed by atoms with Crippen LogP contribution in [0.1, 0.15) is 21.5 Å². The highest BCUT2D eigenvalue weighted by Crippen LogP contribution is 2.31. The molecule has 1 aromatic heterocycles. The van der Waals surface area contributed by atoms with E-state index in [2.05, 4.69) is 10.3 Å². The number of rotatable bonds is 3. The van der Waals surface area contributed by atoms with Crippen LogP contribution in [0.3, 0.4) is 0 Å². The number of benzene rings is 1. The van der Waals surface area contributed by atoms with Crippen molar-refractivity contribution in [1.29, 1.82) is 0 Å². The van der Waals surface area contributed by atoms with E-state index in [1.807, 2.05) is 0 Å². The summed E-state index contributed by atoms with van der Waals surface area (Å²) in [6.45, 7) is -0.262. The minimum absolute atomic E-state index is 0.111. The summed E-state index contributed by atoms with van der Waals surface area (Å²) in [5.74, 6) is -1.62. The maximum Gasteiger partial charge on any atom is 0.418 e. The van der Waals surface area contributed by atoms with Crippen molar-refractivity contribution in [3.8, 4) is 0 Å². The van der Waals surface area contributed by atoms with Crippen molar-refractivity contribution < 1.29 is 22.4 Å². The molecule has 2 aromatic rings. The van der Waals surface area contributed by atoms with Crippen LogP contribution in [0.5, 0.6) is 0 Å². The van der Waals surface area contributed by atoms with Gasteiger partial charge in [-0.2, -0.15) is 13.2 Å². The van der Waals surface area contributed by atoms with Gasteiger partial charge in [0.25, 0.3) is 5.91 Å². The first-order valence-corrected chi connectivity index (χ1v) is 6.40. The van der Waals surface area contributed by atoms with Crippen molar-refractivity contribution in [2.24, 2.45) is 0 Å². The molecule has 0 saturated heterocycles. The molecule has 0 aliphatic heterocycles. The number of nitrogens with one attached hydrogen (secondary N) is 1. The van der Waals surface area contributed by atoms with Crippen LogP contribution < -0.4 is 5.32 Å². The lowest BCUT2D eigenvalue weighted by Crippen LogP contribution is -2.26. The van der Waals surface area contributed by atoms with Gasteiger partial charge < -0.3 is 5.32 Å². The van der Waals surface area contributed by atoms with Crippen molar-refractivity contribution in [1.82, 2.24) is 10.3 Å². The smallest absolute Gasteiger partial charge is 0.348 e. The molecular weight excluding hydrogens is 324 g/mol. The first kappa shape index (κ1) is 16.2. The summed E-state index contributed by atoms with van der Waals surface area (Å²) in [6.07, 6.45) is -3.06. The second kappa shape index (κ2) is 6.31. The highest BCUT2D eigenvalue weighted by Gasteiger charge is 2.35. The van der Waals surface area contributed by atoms with Crippen LogP contribution in [-0.4, -0.2) is 10.9 Å².